The summed E-state index contributed by atoms with van der Waals surface area (Å²) in [6.45, 7) is 8.44. The third-order valence-electron chi connectivity index (χ3n) is 2.78. The van der Waals surface area contributed by atoms with Gasteiger partial charge in [-0.2, -0.15) is 5.10 Å². The van der Waals surface area contributed by atoms with E-state index in [4.69, 9.17) is 4.74 Å². The molecule has 0 aliphatic carbocycles. The Labute approximate surface area is 138 Å². The Morgan fingerprint density at radius 1 is 1.25 bits per heavy atom. The number of hydrogen-bond donors (Lipinski definition) is 2. The van der Waals surface area contributed by atoms with Crippen LogP contribution in [-0.4, -0.2) is 35.9 Å². The van der Waals surface area contributed by atoms with Gasteiger partial charge in [0.2, 0.25) is 5.88 Å². The molecule has 0 unspecified atom stereocenters. The molecule has 0 aromatic carbocycles. The van der Waals surface area contributed by atoms with E-state index in [1.54, 1.807) is 11.8 Å². The van der Waals surface area contributed by atoms with Crippen molar-refractivity contribution in [3.05, 3.63) is 11.3 Å². The van der Waals surface area contributed by atoms with Crippen molar-refractivity contribution < 1.29 is 4.74 Å². The second-order valence-electron chi connectivity index (χ2n) is 4.14. The van der Waals surface area contributed by atoms with Gasteiger partial charge in [0.05, 0.1) is 24.9 Å². The number of nitrogens with zero attached hydrogens (tertiary/aromatic N) is 3. The molecule has 7 heteroatoms. The zero-order chi connectivity index (χ0) is 14.3. The molecular weight excluding hydrogens is 369 g/mol. The van der Waals surface area contributed by atoms with Crippen LogP contribution < -0.4 is 15.4 Å². The zero-order valence-electron chi connectivity index (χ0n) is 13.0. The van der Waals surface area contributed by atoms with E-state index >= 15 is 0 Å². The van der Waals surface area contributed by atoms with Crippen LogP contribution in [0.4, 0.5) is 0 Å². The van der Waals surface area contributed by atoms with Gasteiger partial charge in [-0.25, -0.2) is 9.67 Å². The van der Waals surface area contributed by atoms with Gasteiger partial charge in [0.1, 0.15) is 0 Å². The van der Waals surface area contributed by atoms with E-state index in [0.717, 1.165) is 42.6 Å². The Bertz CT molecular complexity index is 423. The quantitative estimate of drug-likeness (QED) is 0.437. The van der Waals surface area contributed by atoms with Crippen LogP contribution >= 0.6 is 24.0 Å². The first-order valence-electron chi connectivity index (χ1n) is 6.78. The smallest absolute Gasteiger partial charge is 0.216 e. The van der Waals surface area contributed by atoms with Crippen molar-refractivity contribution in [2.24, 2.45) is 12.0 Å². The number of nitrogens with one attached hydrogen (secondary N) is 2. The minimum absolute atomic E-state index is 0. The molecule has 0 fully saturated rings. The van der Waals surface area contributed by atoms with Crippen molar-refractivity contribution in [3.63, 3.8) is 0 Å². The number of ether oxygens (including phenoxy) is 1. The normalized spacial score (nSPS) is 9.65. The summed E-state index contributed by atoms with van der Waals surface area (Å²) in [4.78, 5) is 4.57. The lowest BCUT2D eigenvalue weighted by Crippen LogP contribution is -2.37. The van der Waals surface area contributed by atoms with Crippen LogP contribution in [0.15, 0.2) is 4.99 Å². The predicted octanol–water partition coefficient (Wildman–Crippen LogP) is 1.68. The molecule has 116 valence electrons. The summed E-state index contributed by atoms with van der Waals surface area (Å²) in [5.74, 6) is 1.60. The number of aliphatic imine (C=N–C) groups is 1. The molecule has 0 radical (unpaired) electrons. The molecule has 0 atom stereocenters. The molecule has 0 spiro atoms. The summed E-state index contributed by atoms with van der Waals surface area (Å²) in [6.07, 6.45) is 0.875. The summed E-state index contributed by atoms with van der Waals surface area (Å²) in [6, 6.07) is 0. The van der Waals surface area contributed by atoms with Gasteiger partial charge in [-0.1, -0.05) is 6.92 Å². The zero-order valence-corrected chi connectivity index (χ0v) is 15.3. The van der Waals surface area contributed by atoms with Crippen molar-refractivity contribution in [2.75, 3.05) is 20.2 Å². The van der Waals surface area contributed by atoms with E-state index in [1.165, 1.54) is 0 Å². The fourth-order valence-electron chi connectivity index (χ4n) is 1.97. The van der Waals surface area contributed by atoms with Crippen LogP contribution in [-0.2, 0) is 20.0 Å². The standard InChI is InChI=1S/C13H25N5O.HI/c1-6-11-10(12(19-5)18(4)17-11)9-16-13(14-7-2)15-8-3;/h6-9H2,1-5H3,(H2,14,15,16);1H. The third-order valence-corrected chi connectivity index (χ3v) is 2.78. The number of aromatic nitrogens is 2. The molecular formula is C13H26IN5O. The first-order chi connectivity index (χ1) is 9.17. The number of hydrogen-bond acceptors (Lipinski definition) is 3. The molecule has 1 rings (SSSR count). The summed E-state index contributed by atoms with van der Waals surface area (Å²) in [7, 11) is 3.56. The summed E-state index contributed by atoms with van der Waals surface area (Å²) >= 11 is 0. The number of rotatable bonds is 6. The highest BCUT2D eigenvalue weighted by molar-refractivity contribution is 14.0. The molecule has 1 aromatic heterocycles. The highest BCUT2D eigenvalue weighted by atomic mass is 127. The highest BCUT2D eigenvalue weighted by Crippen LogP contribution is 2.22. The second kappa shape index (κ2) is 9.84. The van der Waals surface area contributed by atoms with Gasteiger partial charge in [0, 0.05) is 20.1 Å². The molecule has 0 saturated heterocycles. The highest BCUT2D eigenvalue weighted by Gasteiger charge is 2.15. The van der Waals surface area contributed by atoms with Crippen LogP contribution in [0.25, 0.3) is 0 Å². The number of guanidine groups is 1. The predicted molar refractivity (Wildman–Crippen MR) is 93.0 cm³/mol. The van der Waals surface area contributed by atoms with Crippen LogP contribution in [0.1, 0.15) is 32.0 Å². The Morgan fingerprint density at radius 2 is 1.85 bits per heavy atom. The van der Waals surface area contributed by atoms with Crippen LogP contribution in [0.2, 0.25) is 0 Å². The van der Waals surface area contributed by atoms with E-state index in [-0.39, 0.29) is 24.0 Å². The molecule has 0 saturated carbocycles. The van der Waals surface area contributed by atoms with Crippen LogP contribution in [0, 0.1) is 0 Å². The van der Waals surface area contributed by atoms with Crippen molar-refractivity contribution >= 4 is 29.9 Å². The molecule has 1 aromatic rings. The largest absolute Gasteiger partial charge is 0.481 e. The van der Waals surface area contributed by atoms with E-state index in [2.05, 4.69) is 41.5 Å². The van der Waals surface area contributed by atoms with Gasteiger partial charge in [0.15, 0.2) is 5.96 Å². The van der Waals surface area contributed by atoms with Crippen molar-refractivity contribution in [3.8, 4) is 5.88 Å². The number of methoxy groups -OCH3 is 1. The summed E-state index contributed by atoms with van der Waals surface area (Å²) in [5.41, 5.74) is 2.09. The van der Waals surface area contributed by atoms with Crippen LogP contribution in [0.3, 0.4) is 0 Å². The fraction of sp³-hybridized carbons (Fsp3) is 0.692. The summed E-state index contributed by atoms with van der Waals surface area (Å²) in [5, 5.41) is 10.9. The second-order valence-corrected chi connectivity index (χ2v) is 4.14. The monoisotopic (exact) mass is 395 g/mol. The molecule has 2 N–H and O–H groups in total. The molecule has 0 aliphatic heterocycles. The number of aryl methyl sites for hydroxylation is 2. The Balaban J connectivity index is 0.00000361. The van der Waals surface area contributed by atoms with E-state index in [0.29, 0.717) is 6.54 Å². The third kappa shape index (κ3) is 4.84. The van der Waals surface area contributed by atoms with Gasteiger partial charge < -0.3 is 15.4 Å². The minimum atomic E-state index is 0. The van der Waals surface area contributed by atoms with Gasteiger partial charge in [-0.3, -0.25) is 0 Å². The van der Waals surface area contributed by atoms with Gasteiger partial charge in [-0.15, -0.1) is 24.0 Å². The maximum Gasteiger partial charge on any atom is 0.216 e. The Morgan fingerprint density at radius 3 is 2.30 bits per heavy atom. The topological polar surface area (TPSA) is 63.5 Å². The Hall–Kier alpha value is -0.990. The average molecular weight is 395 g/mol. The molecule has 20 heavy (non-hydrogen) atoms. The lowest BCUT2D eigenvalue weighted by atomic mass is 10.2. The average Bonchev–Trinajstić information content (AvgIpc) is 2.71. The fourth-order valence-corrected chi connectivity index (χ4v) is 1.97. The van der Waals surface area contributed by atoms with Gasteiger partial charge in [0.25, 0.3) is 0 Å². The van der Waals surface area contributed by atoms with Gasteiger partial charge in [-0.05, 0) is 20.3 Å². The van der Waals surface area contributed by atoms with Gasteiger partial charge >= 0.3 is 0 Å². The Kier molecular flexibility index (Phi) is 9.35. The molecule has 6 nitrogen and oxygen atoms in total. The molecule has 0 amide bonds. The van der Waals surface area contributed by atoms with Crippen molar-refractivity contribution in [2.45, 2.75) is 33.7 Å². The SMILES string of the molecule is CCNC(=NCc1c(CC)nn(C)c1OC)NCC.I. The maximum atomic E-state index is 5.40. The molecule has 0 bridgehead atoms. The first-order valence-corrected chi connectivity index (χ1v) is 6.78. The van der Waals surface area contributed by atoms with Crippen LogP contribution in [0.5, 0.6) is 5.88 Å². The summed E-state index contributed by atoms with van der Waals surface area (Å²) < 4.78 is 7.17. The van der Waals surface area contributed by atoms with E-state index < -0.39 is 0 Å². The molecule has 1 heterocycles. The molecule has 0 aliphatic rings. The first kappa shape index (κ1) is 19.0. The lowest BCUT2D eigenvalue weighted by molar-refractivity contribution is 0.369. The number of halogens is 1. The van der Waals surface area contributed by atoms with Crippen molar-refractivity contribution in [1.29, 1.82) is 0 Å². The van der Waals surface area contributed by atoms with E-state index in [1.807, 2.05) is 7.05 Å². The van der Waals surface area contributed by atoms with Crippen molar-refractivity contribution in [1.82, 2.24) is 20.4 Å². The lowest BCUT2D eigenvalue weighted by Gasteiger charge is -2.09. The maximum absolute atomic E-state index is 5.40. The minimum Gasteiger partial charge on any atom is -0.481 e. The van der Waals surface area contributed by atoms with E-state index in [9.17, 15) is 0 Å².